The van der Waals surface area contributed by atoms with Gasteiger partial charge in [-0.2, -0.15) is 0 Å². The smallest absolute Gasteiger partial charge is 0.354 e. The summed E-state index contributed by atoms with van der Waals surface area (Å²) in [6, 6.07) is 12.4. The first-order valence-corrected chi connectivity index (χ1v) is 6.42. The molecule has 0 saturated carbocycles. The van der Waals surface area contributed by atoms with Crippen molar-refractivity contribution >= 4 is 5.97 Å². The molecular weight excluding hydrogens is 238 g/mol. The van der Waals surface area contributed by atoms with Gasteiger partial charge in [0.15, 0.2) is 0 Å². The number of ether oxygens (including phenoxy) is 1. The third kappa shape index (κ3) is 3.05. The molecule has 0 bridgehead atoms. The van der Waals surface area contributed by atoms with Crippen LogP contribution in [-0.2, 0) is 11.2 Å². The number of nitrogens with zero attached hydrogens (tertiary/aromatic N) is 1. The van der Waals surface area contributed by atoms with Crippen LogP contribution in [-0.4, -0.2) is 17.6 Å². The molecule has 100 valence electrons. The van der Waals surface area contributed by atoms with E-state index in [9.17, 15) is 4.79 Å². The van der Waals surface area contributed by atoms with Crippen molar-refractivity contribution in [1.82, 2.24) is 4.57 Å². The summed E-state index contributed by atoms with van der Waals surface area (Å²) in [6.45, 7) is 4.09. The zero-order chi connectivity index (χ0) is 13.8. The van der Waals surface area contributed by atoms with Crippen molar-refractivity contribution in [1.29, 1.82) is 0 Å². The third-order valence-corrected chi connectivity index (χ3v) is 3.23. The molecule has 1 aromatic carbocycles. The summed E-state index contributed by atoms with van der Waals surface area (Å²) in [5.74, 6) is -0.284. The van der Waals surface area contributed by atoms with Crippen LogP contribution in [0.1, 0.15) is 34.6 Å². The fraction of sp³-hybridized carbons (Fsp3) is 0.312. The van der Waals surface area contributed by atoms with Gasteiger partial charge >= 0.3 is 5.97 Å². The van der Waals surface area contributed by atoms with E-state index in [-0.39, 0.29) is 12.0 Å². The molecule has 0 radical (unpaired) electrons. The van der Waals surface area contributed by atoms with Crippen molar-refractivity contribution in [2.75, 3.05) is 7.11 Å². The van der Waals surface area contributed by atoms with E-state index in [0.29, 0.717) is 5.69 Å². The predicted molar refractivity (Wildman–Crippen MR) is 75.4 cm³/mol. The molecule has 0 N–H and O–H groups in total. The van der Waals surface area contributed by atoms with E-state index in [4.69, 9.17) is 4.74 Å². The van der Waals surface area contributed by atoms with Gasteiger partial charge in [-0.25, -0.2) is 4.79 Å². The molecule has 2 rings (SSSR count). The molecule has 0 aliphatic rings. The van der Waals surface area contributed by atoms with E-state index in [1.165, 1.54) is 12.7 Å². The van der Waals surface area contributed by atoms with Crippen LogP contribution in [0, 0.1) is 6.92 Å². The van der Waals surface area contributed by atoms with Crippen LogP contribution < -0.4 is 0 Å². The molecule has 0 fully saturated rings. The zero-order valence-electron chi connectivity index (χ0n) is 11.6. The Morgan fingerprint density at radius 1 is 1.32 bits per heavy atom. The highest BCUT2D eigenvalue weighted by atomic mass is 16.5. The molecule has 0 aliphatic carbocycles. The summed E-state index contributed by atoms with van der Waals surface area (Å²) in [5.41, 5.74) is 2.95. The van der Waals surface area contributed by atoms with E-state index in [0.717, 1.165) is 12.0 Å². The standard InChI is InChI=1S/C16H19NO2/c1-12-9-15(16(18)19-3)17(11-12)13(2)10-14-7-5-4-6-8-14/h4-9,11,13H,10H2,1-3H3. The minimum absolute atomic E-state index is 0.213. The highest BCUT2D eigenvalue weighted by Gasteiger charge is 2.17. The second-order valence-electron chi connectivity index (χ2n) is 4.84. The molecule has 3 heteroatoms. The van der Waals surface area contributed by atoms with Gasteiger partial charge in [-0.15, -0.1) is 0 Å². The van der Waals surface area contributed by atoms with Gasteiger partial charge in [0, 0.05) is 12.2 Å². The number of carbonyl (C=O) groups is 1. The number of hydrogen-bond donors (Lipinski definition) is 0. The molecule has 1 atom stereocenters. The van der Waals surface area contributed by atoms with Crippen molar-refractivity contribution in [3.63, 3.8) is 0 Å². The van der Waals surface area contributed by atoms with E-state index >= 15 is 0 Å². The lowest BCUT2D eigenvalue weighted by atomic mass is 10.1. The molecule has 1 aromatic heterocycles. The number of benzene rings is 1. The first kappa shape index (κ1) is 13.4. The maximum Gasteiger partial charge on any atom is 0.354 e. The predicted octanol–water partition coefficient (Wildman–Crippen LogP) is 3.39. The number of carbonyl (C=O) groups excluding carboxylic acids is 1. The molecule has 0 amide bonds. The van der Waals surface area contributed by atoms with E-state index in [1.54, 1.807) is 0 Å². The summed E-state index contributed by atoms with van der Waals surface area (Å²) in [4.78, 5) is 11.8. The van der Waals surface area contributed by atoms with E-state index < -0.39 is 0 Å². The average Bonchev–Trinajstić information content (AvgIpc) is 2.81. The van der Waals surface area contributed by atoms with Crippen LogP contribution >= 0.6 is 0 Å². The van der Waals surface area contributed by atoms with Gasteiger partial charge in [0.1, 0.15) is 5.69 Å². The number of esters is 1. The fourth-order valence-electron chi connectivity index (χ4n) is 2.30. The largest absolute Gasteiger partial charge is 0.464 e. The molecular formula is C16H19NO2. The molecule has 1 heterocycles. The van der Waals surface area contributed by atoms with Crippen LogP contribution in [0.4, 0.5) is 0 Å². The highest BCUT2D eigenvalue weighted by Crippen LogP contribution is 2.19. The number of aryl methyl sites for hydroxylation is 1. The Morgan fingerprint density at radius 3 is 2.63 bits per heavy atom. The SMILES string of the molecule is COC(=O)c1cc(C)cn1C(C)Cc1ccccc1. The summed E-state index contributed by atoms with van der Waals surface area (Å²) < 4.78 is 6.83. The lowest BCUT2D eigenvalue weighted by Gasteiger charge is -2.16. The van der Waals surface area contributed by atoms with Crippen molar-refractivity contribution in [2.45, 2.75) is 26.3 Å². The van der Waals surface area contributed by atoms with Crippen LogP contribution in [0.2, 0.25) is 0 Å². The van der Waals surface area contributed by atoms with Gasteiger partial charge in [-0.1, -0.05) is 30.3 Å². The second kappa shape index (κ2) is 5.74. The Balaban J connectivity index is 2.24. The zero-order valence-corrected chi connectivity index (χ0v) is 11.6. The number of hydrogen-bond acceptors (Lipinski definition) is 2. The molecule has 3 nitrogen and oxygen atoms in total. The van der Waals surface area contributed by atoms with Crippen LogP contribution in [0.15, 0.2) is 42.6 Å². The maximum absolute atomic E-state index is 11.8. The van der Waals surface area contributed by atoms with Crippen LogP contribution in [0.3, 0.4) is 0 Å². The molecule has 2 aromatic rings. The maximum atomic E-state index is 11.8. The lowest BCUT2D eigenvalue weighted by Crippen LogP contribution is -2.15. The minimum Gasteiger partial charge on any atom is -0.464 e. The summed E-state index contributed by atoms with van der Waals surface area (Å²) >= 11 is 0. The minimum atomic E-state index is -0.284. The number of aromatic nitrogens is 1. The molecule has 0 saturated heterocycles. The number of methoxy groups -OCH3 is 1. The Morgan fingerprint density at radius 2 is 2.00 bits per heavy atom. The van der Waals surface area contributed by atoms with Gasteiger partial charge in [0.2, 0.25) is 0 Å². The quantitative estimate of drug-likeness (QED) is 0.786. The average molecular weight is 257 g/mol. The molecule has 0 aliphatic heterocycles. The summed E-state index contributed by atoms with van der Waals surface area (Å²) in [7, 11) is 1.41. The Kier molecular flexibility index (Phi) is 4.05. The second-order valence-corrected chi connectivity index (χ2v) is 4.84. The Labute approximate surface area is 113 Å². The van der Waals surface area contributed by atoms with Crippen molar-refractivity contribution in [2.24, 2.45) is 0 Å². The van der Waals surface area contributed by atoms with Gasteiger partial charge in [0.05, 0.1) is 7.11 Å². The third-order valence-electron chi connectivity index (χ3n) is 3.23. The van der Waals surface area contributed by atoms with Gasteiger partial charge < -0.3 is 9.30 Å². The van der Waals surface area contributed by atoms with Gasteiger partial charge in [-0.3, -0.25) is 0 Å². The van der Waals surface area contributed by atoms with E-state index in [1.807, 2.05) is 42.0 Å². The van der Waals surface area contributed by atoms with Crippen molar-refractivity contribution in [3.05, 3.63) is 59.4 Å². The molecule has 1 unspecified atom stereocenters. The van der Waals surface area contributed by atoms with Crippen LogP contribution in [0.25, 0.3) is 0 Å². The van der Waals surface area contributed by atoms with Crippen molar-refractivity contribution in [3.8, 4) is 0 Å². The monoisotopic (exact) mass is 257 g/mol. The first-order valence-electron chi connectivity index (χ1n) is 6.42. The Bertz CT molecular complexity index is 557. The lowest BCUT2D eigenvalue weighted by molar-refractivity contribution is 0.0586. The van der Waals surface area contributed by atoms with E-state index in [2.05, 4.69) is 19.1 Å². The molecule has 19 heavy (non-hydrogen) atoms. The normalized spacial score (nSPS) is 12.2. The summed E-state index contributed by atoms with van der Waals surface area (Å²) in [6.07, 6.45) is 2.89. The van der Waals surface area contributed by atoms with Gasteiger partial charge in [0.25, 0.3) is 0 Å². The summed E-state index contributed by atoms with van der Waals surface area (Å²) in [5, 5.41) is 0. The Hall–Kier alpha value is -2.03. The van der Waals surface area contributed by atoms with Gasteiger partial charge in [-0.05, 0) is 37.5 Å². The van der Waals surface area contributed by atoms with Crippen molar-refractivity contribution < 1.29 is 9.53 Å². The first-order chi connectivity index (χ1) is 9.11. The molecule has 0 spiro atoms. The highest BCUT2D eigenvalue weighted by molar-refractivity contribution is 5.88. The topological polar surface area (TPSA) is 31.2 Å². The van der Waals surface area contributed by atoms with Crippen LogP contribution in [0.5, 0.6) is 0 Å². The fourth-order valence-corrected chi connectivity index (χ4v) is 2.30. The number of rotatable bonds is 4.